The zero-order valence-electron chi connectivity index (χ0n) is 17.3. The number of halogens is 3. The van der Waals surface area contributed by atoms with Crippen LogP contribution in [0.2, 0.25) is 5.02 Å². The Bertz CT molecular complexity index is 1090. The second-order valence-corrected chi connectivity index (χ2v) is 9.54. The molecular formula is C24H23ClF2O5S. The molecule has 0 spiro atoms. The summed E-state index contributed by atoms with van der Waals surface area (Å²) < 4.78 is 31.2. The zero-order valence-corrected chi connectivity index (χ0v) is 18.9. The van der Waals surface area contributed by atoms with Gasteiger partial charge in [-0.25, -0.2) is 8.78 Å². The van der Waals surface area contributed by atoms with Crippen LogP contribution in [-0.4, -0.2) is 51.4 Å². The minimum atomic E-state index is -2.50. The molecule has 5 atom stereocenters. The maximum absolute atomic E-state index is 12.8. The highest BCUT2D eigenvalue weighted by molar-refractivity contribution is 7.15. The number of ether oxygens (including phenoxy) is 1. The predicted octanol–water partition coefficient (Wildman–Crippen LogP) is 4.11. The molecule has 0 amide bonds. The van der Waals surface area contributed by atoms with Crippen molar-refractivity contribution in [3.8, 4) is 10.4 Å². The monoisotopic (exact) mass is 496 g/mol. The van der Waals surface area contributed by atoms with Crippen LogP contribution in [0.1, 0.15) is 34.1 Å². The summed E-state index contributed by atoms with van der Waals surface area (Å²) in [7, 11) is 0. The van der Waals surface area contributed by atoms with E-state index in [-0.39, 0.29) is 5.56 Å². The predicted molar refractivity (Wildman–Crippen MR) is 122 cm³/mol. The van der Waals surface area contributed by atoms with Gasteiger partial charge in [0.25, 0.3) is 6.43 Å². The fourth-order valence-electron chi connectivity index (χ4n) is 3.89. The lowest BCUT2D eigenvalue weighted by Gasteiger charge is -2.40. The van der Waals surface area contributed by atoms with Gasteiger partial charge in [0.15, 0.2) is 0 Å². The van der Waals surface area contributed by atoms with Crippen LogP contribution in [0.5, 0.6) is 0 Å². The molecule has 176 valence electrons. The average molecular weight is 497 g/mol. The third-order valence-corrected chi connectivity index (χ3v) is 7.27. The fourth-order valence-corrected chi connectivity index (χ4v) is 5.11. The van der Waals surface area contributed by atoms with Crippen LogP contribution >= 0.6 is 22.9 Å². The first-order chi connectivity index (χ1) is 15.8. The highest BCUT2D eigenvalue weighted by Crippen LogP contribution is 2.36. The van der Waals surface area contributed by atoms with Gasteiger partial charge in [-0.2, -0.15) is 0 Å². The number of aliphatic hydroxyl groups excluding tert-OH is 4. The summed E-state index contributed by atoms with van der Waals surface area (Å²) in [5, 5.41) is 40.4. The summed E-state index contributed by atoms with van der Waals surface area (Å²) in [4.78, 5) is 1.93. The van der Waals surface area contributed by atoms with Gasteiger partial charge in [0.2, 0.25) is 0 Å². The molecule has 1 aliphatic rings. The smallest absolute Gasteiger partial charge is 0.263 e. The molecule has 5 nitrogen and oxygen atoms in total. The minimum Gasteiger partial charge on any atom is -0.394 e. The maximum atomic E-state index is 12.8. The maximum Gasteiger partial charge on any atom is 0.263 e. The van der Waals surface area contributed by atoms with Crippen molar-refractivity contribution in [1.29, 1.82) is 0 Å². The number of hydrogen-bond donors (Lipinski definition) is 4. The molecule has 1 aliphatic heterocycles. The van der Waals surface area contributed by atoms with Crippen LogP contribution < -0.4 is 0 Å². The lowest BCUT2D eigenvalue weighted by atomic mass is 9.90. The van der Waals surface area contributed by atoms with Gasteiger partial charge < -0.3 is 25.2 Å². The van der Waals surface area contributed by atoms with Crippen LogP contribution in [0.25, 0.3) is 10.4 Å². The summed E-state index contributed by atoms with van der Waals surface area (Å²) in [5.74, 6) is 0. The molecule has 0 bridgehead atoms. The van der Waals surface area contributed by atoms with Crippen molar-refractivity contribution >= 4 is 22.9 Å². The van der Waals surface area contributed by atoms with Crippen LogP contribution in [-0.2, 0) is 11.2 Å². The quantitative estimate of drug-likeness (QED) is 0.412. The van der Waals surface area contributed by atoms with Crippen LogP contribution in [0.15, 0.2) is 54.6 Å². The molecule has 0 radical (unpaired) electrons. The standard InChI is InChI=1S/C24H23ClF2O5S/c25-17-7-5-14(23-22(31)21(30)20(29)18(11-28)32-23)9-15(17)10-16-6-8-19(33-16)12-1-3-13(4-2-12)24(26)27/h1-9,18,20-24,28-31H,10-11H2/t18-,20-,21+,22-,23?/m1/s1. The Morgan fingerprint density at radius 2 is 1.67 bits per heavy atom. The largest absolute Gasteiger partial charge is 0.394 e. The lowest BCUT2D eigenvalue weighted by molar-refractivity contribution is -0.231. The van der Waals surface area contributed by atoms with Crippen molar-refractivity contribution in [2.75, 3.05) is 6.61 Å². The normalized spacial score (nSPS) is 25.5. The molecule has 0 saturated carbocycles. The summed E-state index contributed by atoms with van der Waals surface area (Å²) in [5.41, 5.74) is 2.15. The highest BCUT2D eigenvalue weighted by Gasteiger charge is 2.44. The van der Waals surface area contributed by atoms with E-state index in [2.05, 4.69) is 0 Å². The van der Waals surface area contributed by atoms with Gasteiger partial charge in [0.05, 0.1) is 6.61 Å². The van der Waals surface area contributed by atoms with E-state index in [1.54, 1.807) is 30.3 Å². The van der Waals surface area contributed by atoms with Gasteiger partial charge in [0.1, 0.15) is 30.5 Å². The lowest BCUT2D eigenvalue weighted by Crippen LogP contribution is -2.55. The number of hydrogen-bond acceptors (Lipinski definition) is 6. The molecule has 1 fully saturated rings. The van der Waals surface area contributed by atoms with Gasteiger partial charge in [-0.05, 0) is 34.9 Å². The Labute approximate surface area is 198 Å². The molecule has 1 aromatic heterocycles. The SMILES string of the molecule is OC[C@H]1OC(c2ccc(Cl)c(Cc3ccc(-c4ccc(C(F)F)cc4)s3)c2)[C@H](O)[C@@H](O)[C@@H]1O. The first-order valence-electron chi connectivity index (χ1n) is 10.3. The van der Waals surface area contributed by atoms with Crippen molar-refractivity contribution in [2.45, 2.75) is 43.4 Å². The number of benzene rings is 2. The number of thiophene rings is 1. The molecule has 3 aromatic rings. The molecule has 9 heteroatoms. The van der Waals surface area contributed by atoms with Gasteiger partial charge in [-0.1, -0.05) is 48.0 Å². The topological polar surface area (TPSA) is 90.2 Å². The van der Waals surface area contributed by atoms with Crippen molar-refractivity contribution in [3.05, 3.63) is 81.2 Å². The summed E-state index contributed by atoms with van der Waals surface area (Å²) in [6.07, 6.45) is -8.21. The molecule has 33 heavy (non-hydrogen) atoms. The molecule has 4 N–H and O–H groups in total. The van der Waals surface area contributed by atoms with Crippen LogP contribution in [0.4, 0.5) is 8.78 Å². The molecule has 2 aromatic carbocycles. The van der Waals surface area contributed by atoms with Crippen LogP contribution in [0.3, 0.4) is 0 Å². The molecule has 0 aliphatic carbocycles. The van der Waals surface area contributed by atoms with Crippen molar-refractivity contribution in [2.24, 2.45) is 0 Å². The zero-order chi connectivity index (χ0) is 23.7. The van der Waals surface area contributed by atoms with Crippen molar-refractivity contribution in [3.63, 3.8) is 0 Å². The van der Waals surface area contributed by atoms with Crippen molar-refractivity contribution < 1.29 is 33.9 Å². The Balaban J connectivity index is 1.54. The molecule has 4 rings (SSSR count). The fraction of sp³-hybridized carbons (Fsp3) is 0.333. The van der Waals surface area contributed by atoms with Crippen LogP contribution in [0, 0.1) is 0 Å². The average Bonchev–Trinajstić information content (AvgIpc) is 3.28. The molecule has 2 heterocycles. The third kappa shape index (κ3) is 5.12. The van der Waals surface area contributed by atoms with E-state index < -0.39 is 43.6 Å². The number of alkyl halides is 2. The van der Waals surface area contributed by atoms with Crippen molar-refractivity contribution in [1.82, 2.24) is 0 Å². The van der Waals surface area contributed by atoms with Gasteiger partial charge in [-0.15, -0.1) is 11.3 Å². The van der Waals surface area contributed by atoms with Gasteiger partial charge in [-0.3, -0.25) is 0 Å². The Morgan fingerprint density at radius 1 is 0.939 bits per heavy atom. The molecule has 1 saturated heterocycles. The van der Waals surface area contributed by atoms with E-state index in [0.29, 0.717) is 17.0 Å². The Kier molecular flexibility index (Phi) is 7.45. The first kappa shape index (κ1) is 24.2. The number of rotatable bonds is 6. The Morgan fingerprint density at radius 3 is 2.33 bits per heavy atom. The van der Waals surface area contributed by atoms with Gasteiger partial charge in [0, 0.05) is 26.8 Å². The number of aliphatic hydroxyl groups is 4. The Hall–Kier alpha value is -1.91. The minimum absolute atomic E-state index is 0.0210. The van der Waals surface area contributed by atoms with E-state index in [0.717, 1.165) is 20.9 Å². The second kappa shape index (κ2) is 10.1. The van der Waals surface area contributed by atoms with E-state index in [4.69, 9.17) is 16.3 Å². The third-order valence-electron chi connectivity index (χ3n) is 5.76. The van der Waals surface area contributed by atoms with E-state index in [9.17, 15) is 29.2 Å². The summed E-state index contributed by atoms with van der Waals surface area (Å²) in [6, 6.07) is 15.2. The van der Waals surface area contributed by atoms with E-state index in [1.165, 1.54) is 23.5 Å². The summed E-state index contributed by atoms with van der Waals surface area (Å²) >= 11 is 7.92. The molecular weight excluding hydrogens is 474 g/mol. The summed E-state index contributed by atoms with van der Waals surface area (Å²) in [6.45, 7) is -0.502. The van der Waals surface area contributed by atoms with Gasteiger partial charge >= 0.3 is 0 Å². The van der Waals surface area contributed by atoms with E-state index >= 15 is 0 Å². The highest BCUT2D eigenvalue weighted by atomic mass is 35.5. The van der Waals surface area contributed by atoms with E-state index in [1.807, 2.05) is 12.1 Å². The molecule has 1 unspecified atom stereocenters. The first-order valence-corrected chi connectivity index (χ1v) is 11.5. The second-order valence-electron chi connectivity index (χ2n) is 7.97.